The lowest BCUT2D eigenvalue weighted by Gasteiger charge is -2.32. The zero-order chi connectivity index (χ0) is 19.7. The molecule has 0 spiro atoms. The number of hydrogen-bond acceptors (Lipinski definition) is 3. The molecule has 0 fully saturated rings. The van der Waals surface area contributed by atoms with Crippen LogP contribution < -0.4 is 9.41 Å². The molecule has 140 valence electrons. The van der Waals surface area contributed by atoms with E-state index < -0.39 is 30.7 Å². The SMILES string of the molecule is N=C=N[n+]1ccccc1C1=CC(CF)(CF)Oc2ccc(C(F)(F)F)cc21. The summed E-state index contributed by atoms with van der Waals surface area (Å²) in [6, 6.07) is 9.17. The number of ether oxygens (including phenoxy) is 1. The second-order valence-corrected chi connectivity index (χ2v) is 5.84. The van der Waals surface area contributed by atoms with Gasteiger partial charge in [0, 0.05) is 17.7 Å². The van der Waals surface area contributed by atoms with Crippen molar-refractivity contribution in [1.82, 2.24) is 0 Å². The number of nitrogens with zero attached hydrogens (tertiary/aromatic N) is 2. The van der Waals surface area contributed by atoms with E-state index in [0.29, 0.717) is 0 Å². The second-order valence-electron chi connectivity index (χ2n) is 5.84. The maximum Gasteiger partial charge on any atom is 0.416 e. The Balaban J connectivity index is 2.30. The first-order valence-electron chi connectivity index (χ1n) is 7.73. The Kier molecular flexibility index (Phi) is 4.80. The van der Waals surface area contributed by atoms with Crippen LogP contribution in [0.1, 0.15) is 16.8 Å². The van der Waals surface area contributed by atoms with Crippen molar-refractivity contribution in [2.24, 2.45) is 5.10 Å². The van der Waals surface area contributed by atoms with Gasteiger partial charge in [-0.25, -0.2) is 14.2 Å². The van der Waals surface area contributed by atoms with Crippen molar-refractivity contribution >= 4 is 11.6 Å². The van der Waals surface area contributed by atoms with Gasteiger partial charge in [0.15, 0.2) is 11.6 Å². The molecule has 27 heavy (non-hydrogen) atoms. The van der Waals surface area contributed by atoms with E-state index in [1.165, 1.54) is 16.9 Å². The molecule has 0 aliphatic carbocycles. The van der Waals surface area contributed by atoms with Gasteiger partial charge in [-0.05, 0) is 35.0 Å². The Morgan fingerprint density at radius 3 is 2.52 bits per heavy atom. The topological polar surface area (TPSA) is 49.3 Å². The average molecular weight is 382 g/mol. The average Bonchev–Trinajstić information content (AvgIpc) is 2.66. The first-order chi connectivity index (χ1) is 12.8. The predicted molar refractivity (Wildman–Crippen MR) is 86.0 cm³/mol. The van der Waals surface area contributed by atoms with Gasteiger partial charge in [0.25, 0.3) is 0 Å². The lowest BCUT2D eigenvalue weighted by molar-refractivity contribution is -0.680. The predicted octanol–water partition coefficient (Wildman–Crippen LogP) is 4.01. The van der Waals surface area contributed by atoms with Crippen LogP contribution in [0, 0.1) is 5.41 Å². The molecular formula is C18H13F5N3O+. The van der Waals surface area contributed by atoms with E-state index in [1.807, 2.05) is 6.01 Å². The Labute approximate surface area is 150 Å². The third-order valence-electron chi connectivity index (χ3n) is 4.04. The van der Waals surface area contributed by atoms with Gasteiger partial charge in [-0.1, -0.05) is 0 Å². The van der Waals surface area contributed by atoms with Crippen LogP contribution in [0.2, 0.25) is 0 Å². The molecule has 1 N–H and O–H groups in total. The molecule has 0 unspecified atom stereocenters. The maximum absolute atomic E-state index is 13.6. The first-order valence-corrected chi connectivity index (χ1v) is 7.73. The summed E-state index contributed by atoms with van der Waals surface area (Å²) in [4.78, 5) is 0. The quantitative estimate of drug-likeness (QED) is 0.485. The van der Waals surface area contributed by atoms with Crippen molar-refractivity contribution in [3.05, 3.63) is 65.5 Å². The molecule has 1 aromatic heterocycles. The smallest absolute Gasteiger partial charge is 0.416 e. The molecule has 2 aromatic rings. The third-order valence-corrected chi connectivity index (χ3v) is 4.04. The minimum atomic E-state index is -4.60. The molecule has 0 saturated heterocycles. The molecular weight excluding hydrogens is 369 g/mol. The Hall–Kier alpha value is -3.06. The number of rotatable bonds is 4. The normalized spacial score (nSPS) is 15.2. The van der Waals surface area contributed by atoms with E-state index in [9.17, 15) is 22.0 Å². The van der Waals surface area contributed by atoms with Gasteiger partial charge in [-0.2, -0.15) is 13.2 Å². The fourth-order valence-electron chi connectivity index (χ4n) is 2.76. The molecule has 4 nitrogen and oxygen atoms in total. The number of fused-ring (bicyclic) bond motifs is 1. The summed E-state index contributed by atoms with van der Waals surface area (Å²) in [5.41, 5.74) is -2.53. The van der Waals surface area contributed by atoms with Crippen LogP contribution in [0.25, 0.3) is 5.57 Å². The summed E-state index contributed by atoms with van der Waals surface area (Å²) in [6.07, 6.45) is -2.05. The van der Waals surface area contributed by atoms with E-state index >= 15 is 0 Å². The molecule has 1 aliphatic heterocycles. The number of nitrogens with one attached hydrogen (secondary N) is 1. The lowest BCUT2D eigenvalue weighted by Crippen LogP contribution is -2.42. The van der Waals surface area contributed by atoms with Gasteiger partial charge in [-0.3, -0.25) is 0 Å². The van der Waals surface area contributed by atoms with Crippen molar-refractivity contribution in [1.29, 1.82) is 5.41 Å². The fourth-order valence-corrected chi connectivity index (χ4v) is 2.76. The molecule has 2 heterocycles. The number of hydrogen-bond donors (Lipinski definition) is 1. The second kappa shape index (κ2) is 6.92. The summed E-state index contributed by atoms with van der Waals surface area (Å²) in [7, 11) is 0. The number of aromatic nitrogens is 1. The van der Waals surface area contributed by atoms with Crippen LogP contribution in [0.15, 0.2) is 53.8 Å². The number of benzene rings is 1. The van der Waals surface area contributed by atoms with E-state index in [0.717, 1.165) is 24.3 Å². The molecule has 0 saturated carbocycles. The van der Waals surface area contributed by atoms with Crippen LogP contribution in [0.3, 0.4) is 0 Å². The Morgan fingerprint density at radius 2 is 1.89 bits per heavy atom. The molecule has 0 amide bonds. The fraction of sp³-hybridized carbons (Fsp3) is 0.222. The molecule has 0 bridgehead atoms. The van der Waals surface area contributed by atoms with Crippen molar-refractivity contribution in [2.75, 3.05) is 13.3 Å². The zero-order valence-corrected chi connectivity index (χ0v) is 13.7. The molecule has 0 atom stereocenters. The van der Waals surface area contributed by atoms with Crippen LogP contribution in [-0.2, 0) is 6.18 Å². The minimum Gasteiger partial charge on any atom is -0.477 e. The van der Waals surface area contributed by atoms with Crippen LogP contribution in [-0.4, -0.2) is 25.0 Å². The van der Waals surface area contributed by atoms with E-state index in [-0.39, 0.29) is 22.6 Å². The largest absolute Gasteiger partial charge is 0.477 e. The summed E-state index contributed by atoms with van der Waals surface area (Å²) in [5.74, 6) is -0.0787. The molecule has 1 aliphatic rings. The minimum absolute atomic E-state index is 0.0162. The van der Waals surface area contributed by atoms with Crippen LogP contribution in [0.4, 0.5) is 22.0 Å². The summed E-state index contributed by atoms with van der Waals surface area (Å²) < 4.78 is 73.1. The van der Waals surface area contributed by atoms with E-state index in [4.69, 9.17) is 10.1 Å². The Bertz CT molecular complexity index is 944. The Morgan fingerprint density at radius 1 is 1.15 bits per heavy atom. The third kappa shape index (κ3) is 3.46. The van der Waals surface area contributed by atoms with Crippen molar-refractivity contribution in [3.63, 3.8) is 0 Å². The van der Waals surface area contributed by atoms with Gasteiger partial charge in [0.1, 0.15) is 19.1 Å². The van der Waals surface area contributed by atoms with Crippen molar-refractivity contribution < 1.29 is 31.4 Å². The summed E-state index contributed by atoms with van der Waals surface area (Å²) in [6.45, 7) is -2.43. The molecule has 3 rings (SSSR count). The van der Waals surface area contributed by atoms with Gasteiger partial charge in [0.05, 0.1) is 16.2 Å². The lowest BCUT2D eigenvalue weighted by atomic mass is 9.90. The van der Waals surface area contributed by atoms with Crippen molar-refractivity contribution in [2.45, 2.75) is 11.8 Å². The zero-order valence-electron chi connectivity index (χ0n) is 13.7. The maximum atomic E-state index is 13.6. The molecule has 9 heteroatoms. The first kappa shape index (κ1) is 18.7. The van der Waals surface area contributed by atoms with Crippen LogP contribution >= 0.6 is 0 Å². The van der Waals surface area contributed by atoms with Gasteiger partial charge in [-0.15, -0.1) is 0 Å². The van der Waals surface area contributed by atoms with Crippen LogP contribution in [0.5, 0.6) is 5.75 Å². The highest BCUT2D eigenvalue weighted by molar-refractivity contribution is 5.82. The van der Waals surface area contributed by atoms with E-state index in [1.54, 1.807) is 12.1 Å². The summed E-state index contributed by atoms with van der Waals surface area (Å²) in [5, 5.41) is 10.7. The number of halogens is 5. The molecule has 0 radical (unpaired) electrons. The molecule has 1 aromatic carbocycles. The highest BCUT2D eigenvalue weighted by Gasteiger charge is 2.40. The number of pyridine rings is 1. The summed E-state index contributed by atoms with van der Waals surface area (Å²) >= 11 is 0. The van der Waals surface area contributed by atoms with Crippen molar-refractivity contribution in [3.8, 4) is 5.75 Å². The highest BCUT2D eigenvalue weighted by atomic mass is 19.4. The van der Waals surface area contributed by atoms with Gasteiger partial charge >= 0.3 is 6.18 Å². The van der Waals surface area contributed by atoms with E-state index in [2.05, 4.69) is 5.10 Å². The monoisotopic (exact) mass is 382 g/mol. The highest BCUT2D eigenvalue weighted by Crippen LogP contribution is 2.42. The standard InChI is InChI=1S/C18H13F5N3O/c19-9-17(10-20)8-14(15-3-1-2-6-26(15)25-11-24)13-7-12(18(21,22)23)4-5-16(13)27-17/h1-8,24H,9-10H2/q+1. The van der Waals surface area contributed by atoms with Gasteiger partial charge < -0.3 is 4.74 Å². The number of alkyl halides is 5. The van der Waals surface area contributed by atoms with Gasteiger partial charge in [0.2, 0.25) is 11.9 Å².